The highest BCUT2D eigenvalue weighted by atomic mass is 15.3. The van der Waals surface area contributed by atoms with Crippen molar-refractivity contribution in [3.8, 4) is 0 Å². The van der Waals surface area contributed by atoms with Gasteiger partial charge in [0.05, 0.1) is 5.69 Å². The average Bonchev–Trinajstić information content (AvgIpc) is 2.58. The molecule has 1 aliphatic rings. The van der Waals surface area contributed by atoms with E-state index in [9.17, 15) is 0 Å². The van der Waals surface area contributed by atoms with Gasteiger partial charge in [0, 0.05) is 25.2 Å². The summed E-state index contributed by atoms with van der Waals surface area (Å²) in [4.78, 5) is 0. The van der Waals surface area contributed by atoms with Gasteiger partial charge in [-0.1, -0.05) is 11.6 Å². The molecule has 17 heavy (non-hydrogen) atoms. The van der Waals surface area contributed by atoms with Crippen LogP contribution in [0.15, 0.2) is 17.7 Å². The van der Waals surface area contributed by atoms with E-state index in [0.29, 0.717) is 0 Å². The van der Waals surface area contributed by atoms with Crippen LogP contribution in [0.3, 0.4) is 0 Å². The number of aromatic nitrogens is 2. The number of hydrogen-bond acceptors (Lipinski definition) is 2. The molecule has 3 heteroatoms. The molecular formula is C14H23N3. The molecule has 3 nitrogen and oxygen atoms in total. The fourth-order valence-electron chi connectivity index (χ4n) is 2.62. The van der Waals surface area contributed by atoms with Crippen LogP contribution in [-0.2, 0) is 13.5 Å². The average molecular weight is 233 g/mol. The second kappa shape index (κ2) is 5.50. The first-order valence-corrected chi connectivity index (χ1v) is 6.58. The Morgan fingerprint density at radius 2 is 2.24 bits per heavy atom. The number of hydrogen-bond donors (Lipinski definition) is 1. The van der Waals surface area contributed by atoms with Crippen molar-refractivity contribution in [1.29, 1.82) is 0 Å². The van der Waals surface area contributed by atoms with E-state index in [0.717, 1.165) is 18.5 Å². The molecule has 0 amide bonds. The zero-order chi connectivity index (χ0) is 12.3. The number of aryl methyl sites for hydroxylation is 2. The van der Waals surface area contributed by atoms with Crippen LogP contribution in [0.2, 0.25) is 0 Å². The van der Waals surface area contributed by atoms with Crippen LogP contribution >= 0.6 is 0 Å². The van der Waals surface area contributed by atoms with Gasteiger partial charge in [-0.3, -0.25) is 4.68 Å². The quantitative estimate of drug-likeness (QED) is 0.812. The zero-order valence-corrected chi connectivity index (χ0v) is 10.9. The van der Waals surface area contributed by atoms with Crippen LogP contribution in [-0.4, -0.2) is 15.8 Å². The summed E-state index contributed by atoms with van der Waals surface area (Å²) in [6, 6.07) is 2.36. The van der Waals surface area contributed by atoms with Gasteiger partial charge in [0.1, 0.15) is 0 Å². The smallest absolute Gasteiger partial charge is 0.0596 e. The Balaban J connectivity index is 1.90. The van der Waals surface area contributed by atoms with Crippen LogP contribution in [0.4, 0.5) is 0 Å². The highest BCUT2D eigenvalue weighted by Gasteiger charge is 2.12. The second-order valence-electron chi connectivity index (χ2n) is 5.18. The van der Waals surface area contributed by atoms with Gasteiger partial charge in [0.25, 0.3) is 0 Å². The summed E-state index contributed by atoms with van der Waals surface area (Å²) < 4.78 is 1.95. The maximum Gasteiger partial charge on any atom is 0.0596 e. The van der Waals surface area contributed by atoms with Crippen molar-refractivity contribution < 1.29 is 0 Å². The van der Waals surface area contributed by atoms with E-state index in [1.807, 2.05) is 18.7 Å². The lowest BCUT2D eigenvalue weighted by molar-refractivity contribution is 0.581. The third kappa shape index (κ3) is 3.43. The lowest BCUT2D eigenvalue weighted by Gasteiger charge is -2.17. The molecule has 1 aromatic heterocycles. The molecule has 2 N–H and O–H groups in total. The topological polar surface area (TPSA) is 43.8 Å². The molecular weight excluding hydrogens is 210 g/mol. The Morgan fingerprint density at radius 1 is 1.41 bits per heavy atom. The maximum atomic E-state index is 6.23. The van der Waals surface area contributed by atoms with Crippen LogP contribution in [0.1, 0.15) is 43.5 Å². The summed E-state index contributed by atoms with van der Waals surface area (Å²) in [5, 5.41) is 4.36. The van der Waals surface area contributed by atoms with E-state index >= 15 is 0 Å². The van der Waals surface area contributed by atoms with Gasteiger partial charge in [-0.25, -0.2) is 0 Å². The largest absolute Gasteiger partial charge is 0.327 e. The molecule has 0 aliphatic heterocycles. The molecule has 1 unspecified atom stereocenters. The van der Waals surface area contributed by atoms with E-state index in [-0.39, 0.29) is 6.04 Å². The Labute approximate surface area is 104 Å². The summed E-state index contributed by atoms with van der Waals surface area (Å²) in [5.41, 5.74) is 10.1. The minimum Gasteiger partial charge on any atom is -0.327 e. The molecule has 1 heterocycles. The van der Waals surface area contributed by atoms with Gasteiger partial charge >= 0.3 is 0 Å². The summed E-state index contributed by atoms with van der Waals surface area (Å²) >= 11 is 0. The monoisotopic (exact) mass is 233 g/mol. The van der Waals surface area contributed by atoms with Crippen molar-refractivity contribution in [2.75, 3.05) is 0 Å². The minimum absolute atomic E-state index is 0.231. The van der Waals surface area contributed by atoms with Gasteiger partial charge in [-0.15, -0.1) is 0 Å². The molecule has 94 valence electrons. The number of nitrogens with two attached hydrogens (primary N) is 1. The van der Waals surface area contributed by atoms with E-state index in [4.69, 9.17) is 5.73 Å². The Hall–Kier alpha value is -1.09. The van der Waals surface area contributed by atoms with Crippen LogP contribution in [0, 0.1) is 6.92 Å². The molecule has 1 aliphatic carbocycles. The number of nitrogens with zero attached hydrogens (tertiary/aromatic N) is 2. The van der Waals surface area contributed by atoms with E-state index in [1.165, 1.54) is 31.4 Å². The van der Waals surface area contributed by atoms with E-state index in [1.54, 1.807) is 5.57 Å². The molecule has 1 atom stereocenters. The molecule has 0 aromatic carbocycles. The fraction of sp³-hybridized carbons (Fsp3) is 0.643. The Bertz CT molecular complexity index is 404. The molecule has 0 fully saturated rings. The predicted octanol–water partition coefficient (Wildman–Crippen LogP) is 2.49. The second-order valence-corrected chi connectivity index (χ2v) is 5.18. The zero-order valence-electron chi connectivity index (χ0n) is 10.9. The lowest BCUT2D eigenvalue weighted by atomic mass is 9.93. The van der Waals surface area contributed by atoms with Crippen molar-refractivity contribution in [1.82, 2.24) is 9.78 Å². The standard InChI is InChI=1S/C14H23N3/c1-11-8-14(17(2)16-11)10-13(15)9-12-6-4-3-5-7-12/h6,8,13H,3-5,7,9-10,15H2,1-2H3. The van der Waals surface area contributed by atoms with Gasteiger partial charge < -0.3 is 5.73 Å². The molecule has 0 radical (unpaired) electrons. The highest BCUT2D eigenvalue weighted by molar-refractivity contribution is 5.12. The molecule has 0 bridgehead atoms. The summed E-state index contributed by atoms with van der Waals surface area (Å²) in [6.45, 7) is 2.03. The molecule has 1 aromatic rings. The normalized spacial score (nSPS) is 17.9. The minimum atomic E-state index is 0.231. The highest BCUT2D eigenvalue weighted by Crippen LogP contribution is 2.21. The van der Waals surface area contributed by atoms with Gasteiger partial charge in [0.2, 0.25) is 0 Å². The number of allylic oxidation sites excluding steroid dienone is 1. The first-order chi connectivity index (χ1) is 8.15. The van der Waals surface area contributed by atoms with Crippen LogP contribution in [0.5, 0.6) is 0 Å². The van der Waals surface area contributed by atoms with E-state index in [2.05, 4.69) is 17.2 Å². The Morgan fingerprint density at radius 3 is 2.82 bits per heavy atom. The van der Waals surface area contributed by atoms with Crippen LogP contribution in [0.25, 0.3) is 0 Å². The summed E-state index contributed by atoms with van der Waals surface area (Å²) in [5.74, 6) is 0. The molecule has 2 rings (SSSR count). The third-order valence-electron chi connectivity index (χ3n) is 3.48. The summed E-state index contributed by atoms with van der Waals surface area (Å²) in [7, 11) is 1.99. The van der Waals surface area contributed by atoms with Gasteiger partial charge in [-0.2, -0.15) is 5.10 Å². The van der Waals surface area contributed by atoms with Crippen LogP contribution < -0.4 is 5.73 Å². The first-order valence-electron chi connectivity index (χ1n) is 6.58. The predicted molar refractivity (Wildman–Crippen MR) is 70.8 cm³/mol. The Kier molecular flexibility index (Phi) is 4.00. The van der Waals surface area contributed by atoms with E-state index < -0.39 is 0 Å². The van der Waals surface area contributed by atoms with Crippen molar-refractivity contribution >= 4 is 0 Å². The lowest BCUT2D eigenvalue weighted by Crippen LogP contribution is -2.25. The maximum absolute atomic E-state index is 6.23. The van der Waals surface area contributed by atoms with Gasteiger partial charge in [0.15, 0.2) is 0 Å². The number of rotatable bonds is 4. The molecule has 0 saturated heterocycles. The SMILES string of the molecule is Cc1cc(CC(N)CC2=CCCCC2)n(C)n1. The van der Waals surface area contributed by atoms with Crippen molar-refractivity contribution in [2.45, 2.75) is 51.5 Å². The third-order valence-corrected chi connectivity index (χ3v) is 3.48. The molecule has 0 saturated carbocycles. The summed E-state index contributed by atoms with van der Waals surface area (Å²) in [6.07, 6.45) is 9.53. The van der Waals surface area contributed by atoms with Crippen molar-refractivity contribution in [3.05, 3.63) is 29.1 Å². The molecule has 0 spiro atoms. The first kappa shape index (κ1) is 12.4. The van der Waals surface area contributed by atoms with Crippen molar-refractivity contribution in [3.63, 3.8) is 0 Å². The van der Waals surface area contributed by atoms with Gasteiger partial charge in [-0.05, 0) is 45.1 Å². The van der Waals surface area contributed by atoms with Crippen molar-refractivity contribution in [2.24, 2.45) is 12.8 Å². The fourth-order valence-corrected chi connectivity index (χ4v) is 2.62.